The third-order valence-electron chi connectivity index (χ3n) is 3.42. The number of hydrogen-bond donors (Lipinski definition) is 1. The Bertz CT molecular complexity index is 766. The lowest BCUT2D eigenvalue weighted by molar-refractivity contribution is 0.0472. The molecule has 3 aromatic rings. The first-order chi connectivity index (χ1) is 11.2. The molecule has 1 aromatic heterocycles. The van der Waals surface area contributed by atoms with Gasteiger partial charge >= 0.3 is 5.97 Å². The lowest BCUT2D eigenvalue weighted by Gasteiger charge is -2.06. The summed E-state index contributed by atoms with van der Waals surface area (Å²) < 4.78 is 5.30. The molecule has 0 aliphatic heterocycles. The van der Waals surface area contributed by atoms with Gasteiger partial charge in [-0.1, -0.05) is 35.9 Å². The van der Waals surface area contributed by atoms with Crippen molar-refractivity contribution < 1.29 is 9.53 Å². The summed E-state index contributed by atoms with van der Waals surface area (Å²) >= 11 is 5.82. The van der Waals surface area contributed by atoms with E-state index in [0.29, 0.717) is 10.6 Å². The topological polar surface area (TPSA) is 55.0 Å². The number of nitrogens with one attached hydrogen (secondary N) is 1. The van der Waals surface area contributed by atoms with Gasteiger partial charge in [0.15, 0.2) is 0 Å². The van der Waals surface area contributed by atoms with Gasteiger partial charge in [0.2, 0.25) is 0 Å². The maximum absolute atomic E-state index is 12.0. The summed E-state index contributed by atoms with van der Waals surface area (Å²) in [5.74, 6) is -0.340. The number of esters is 1. The quantitative estimate of drug-likeness (QED) is 0.721. The van der Waals surface area contributed by atoms with E-state index in [2.05, 4.69) is 9.97 Å². The minimum atomic E-state index is -0.340. The van der Waals surface area contributed by atoms with Gasteiger partial charge in [-0.2, -0.15) is 0 Å². The van der Waals surface area contributed by atoms with E-state index in [1.54, 1.807) is 36.8 Å². The van der Waals surface area contributed by atoms with Crippen LogP contribution in [0.1, 0.15) is 27.2 Å². The molecule has 0 unspecified atom stereocenters. The SMILES string of the molecule is O=C(OCc1ccc(Cl)cc1)c1ccc(Cc2cnc[nH]2)cc1. The van der Waals surface area contributed by atoms with E-state index in [-0.39, 0.29) is 12.6 Å². The zero-order chi connectivity index (χ0) is 16.1. The number of carbonyl (C=O) groups excluding carboxylic acids is 1. The number of carbonyl (C=O) groups is 1. The van der Waals surface area contributed by atoms with Crippen LogP contribution in [0.4, 0.5) is 0 Å². The highest BCUT2D eigenvalue weighted by Crippen LogP contribution is 2.13. The van der Waals surface area contributed by atoms with Crippen LogP contribution < -0.4 is 0 Å². The van der Waals surface area contributed by atoms with Crippen molar-refractivity contribution in [3.8, 4) is 0 Å². The number of imidazole rings is 1. The summed E-state index contributed by atoms with van der Waals surface area (Å²) in [6.07, 6.45) is 4.19. The lowest BCUT2D eigenvalue weighted by Crippen LogP contribution is -2.05. The second-order valence-electron chi connectivity index (χ2n) is 5.15. The van der Waals surface area contributed by atoms with E-state index < -0.39 is 0 Å². The first-order valence-corrected chi connectivity index (χ1v) is 7.56. The molecule has 0 spiro atoms. The van der Waals surface area contributed by atoms with Crippen LogP contribution in [0, 0.1) is 0 Å². The molecule has 0 amide bonds. The zero-order valence-electron chi connectivity index (χ0n) is 12.3. The van der Waals surface area contributed by atoms with Gasteiger partial charge in [-0.05, 0) is 35.4 Å². The molecule has 0 atom stereocenters. The summed E-state index contributed by atoms with van der Waals surface area (Å²) in [5.41, 5.74) is 3.57. The molecule has 1 N–H and O–H groups in total. The molecular weight excluding hydrogens is 312 g/mol. The minimum absolute atomic E-state index is 0.228. The van der Waals surface area contributed by atoms with Gasteiger partial charge in [0, 0.05) is 23.3 Å². The van der Waals surface area contributed by atoms with Gasteiger partial charge in [-0.3, -0.25) is 0 Å². The van der Waals surface area contributed by atoms with Crippen LogP contribution in [0.5, 0.6) is 0 Å². The van der Waals surface area contributed by atoms with Crippen LogP contribution in [-0.2, 0) is 17.8 Å². The molecule has 3 rings (SSSR count). The van der Waals surface area contributed by atoms with Gasteiger partial charge in [-0.25, -0.2) is 9.78 Å². The van der Waals surface area contributed by atoms with Gasteiger partial charge in [0.1, 0.15) is 6.61 Å². The Balaban J connectivity index is 1.58. The van der Waals surface area contributed by atoms with E-state index >= 15 is 0 Å². The van der Waals surface area contributed by atoms with E-state index in [0.717, 1.165) is 23.2 Å². The summed E-state index contributed by atoms with van der Waals surface area (Å²) in [7, 11) is 0. The number of nitrogens with zero attached hydrogens (tertiary/aromatic N) is 1. The molecule has 23 heavy (non-hydrogen) atoms. The molecular formula is C18H15ClN2O2. The van der Waals surface area contributed by atoms with Crippen molar-refractivity contribution in [1.29, 1.82) is 0 Å². The van der Waals surface area contributed by atoms with E-state index in [1.165, 1.54) is 0 Å². The van der Waals surface area contributed by atoms with Crippen molar-refractivity contribution in [2.24, 2.45) is 0 Å². The third-order valence-corrected chi connectivity index (χ3v) is 3.67. The van der Waals surface area contributed by atoms with E-state index in [9.17, 15) is 4.79 Å². The molecule has 5 heteroatoms. The van der Waals surface area contributed by atoms with Crippen molar-refractivity contribution in [2.45, 2.75) is 13.0 Å². The first-order valence-electron chi connectivity index (χ1n) is 7.18. The van der Waals surface area contributed by atoms with Gasteiger partial charge < -0.3 is 9.72 Å². The average molecular weight is 327 g/mol. The molecule has 0 aliphatic rings. The maximum atomic E-state index is 12.0. The van der Waals surface area contributed by atoms with Crippen molar-refractivity contribution in [3.05, 3.63) is 88.5 Å². The van der Waals surface area contributed by atoms with Crippen molar-refractivity contribution >= 4 is 17.6 Å². The molecule has 0 saturated carbocycles. The molecule has 1 heterocycles. The van der Waals surface area contributed by atoms with Crippen molar-refractivity contribution in [2.75, 3.05) is 0 Å². The maximum Gasteiger partial charge on any atom is 0.338 e. The number of rotatable bonds is 5. The number of benzene rings is 2. The average Bonchev–Trinajstić information content (AvgIpc) is 3.08. The van der Waals surface area contributed by atoms with Crippen molar-refractivity contribution in [1.82, 2.24) is 9.97 Å². The Hall–Kier alpha value is -2.59. The number of hydrogen-bond acceptors (Lipinski definition) is 3. The van der Waals surface area contributed by atoms with E-state index in [1.807, 2.05) is 24.3 Å². The predicted molar refractivity (Wildman–Crippen MR) is 88.4 cm³/mol. The molecule has 0 aliphatic carbocycles. The summed E-state index contributed by atoms with van der Waals surface area (Å²) in [5, 5.41) is 0.660. The second kappa shape index (κ2) is 7.11. The highest BCUT2D eigenvalue weighted by atomic mass is 35.5. The Morgan fingerprint density at radius 2 is 1.74 bits per heavy atom. The van der Waals surface area contributed by atoms with Crippen LogP contribution >= 0.6 is 11.6 Å². The molecule has 0 saturated heterocycles. The molecule has 0 radical (unpaired) electrons. The van der Waals surface area contributed by atoms with Gasteiger partial charge in [0.25, 0.3) is 0 Å². The fourth-order valence-corrected chi connectivity index (χ4v) is 2.30. The number of aromatic nitrogens is 2. The largest absolute Gasteiger partial charge is 0.457 e. The summed E-state index contributed by atoms with van der Waals surface area (Å²) in [4.78, 5) is 19.1. The highest BCUT2D eigenvalue weighted by molar-refractivity contribution is 6.30. The standard InChI is InChI=1S/C18H15ClN2O2/c19-16-7-3-14(4-8-16)11-23-18(22)15-5-1-13(2-6-15)9-17-10-20-12-21-17/h1-8,10,12H,9,11H2,(H,20,21). The Labute approximate surface area is 139 Å². The van der Waals surface area contributed by atoms with Gasteiger partial charge in [0.05, 0.1) is 11.9 Å². The van der Waals surface area contributed by atoms with Gasteiger partial charge in [-0.15, -0.1) is 0 Å². The Morgan fingerprint density at radius 1 is 1.04 bits per heavy atom. The van der Waals surface area contributed by atoms with Crippen LogP contribution in [0.2, 0.25) is 5.02 Å². The predicted octanol–water partition coefficient (Wildman–Crippen LogP) is 4.01. The fourth-order valence-electron chi connectivity index (χ4n) is 2.17. The summed E-state index contributed by atoms with van der Waals surface area (Å²) in [6.45, 7) is 0.228. The Morgan fingerprint density at radius 3 is 2.39 bits per heavy atom. The monoisotopic (exact) mass is 326 g/mol. The molecule has 116 valence electrons. The van der Waals surface area contributed by atoms with Crippen LogP contribution in [-0.4, -0.2) is 15.9 Å². The van der Waals surface area contributed by atoms with E-state index in [4.69, 9.17) is 16.3 Å². The van der Waals surface area contributed by atoms with Crippen LogP contribution in [0.25, 0.3) is 0 Å². The smallest absolute Gasteiger partial charge is 0.338 e. The normalized spacial score (nSPS) is 10.5. The van der Waals surface area contributed by atoms with Crippen LogP contribution in [0.15, 0.2) is 61.1 Å². The molecule has 2 aromatic carbocycles. The number of halogens is 1. The third kappa shape index (κ3) is 4.20. The number of aromatic amines is 1. The minimum Gasteiger partial charge on any atom is -0.457 e. The number of H-pyrrole nitrogens is 1. The highest BCUT2D eigenvalue weighted by Gasteiger charge is 2.08. The first kappa shape index (κ1) is 15.3. The molecule has 4 nitrogen and oxygen atoms in total. The van der Waals surface area contributed by atoms with Crippen LogP contribution in [0.3, 0.4) is 0 Å². The van der Waals surface area contributed by atoms with Crippen molar-refractivity contribution in [3.63, 3.8) is 0 Å². The fraction of sp³-hybridized carbons (Fsp3) is 0.111. The molecule has 0 bridgehead atoms. The zero-order valence-corrected chi connectivity index (χ0v) is 13.1. The molecule has 0 fully saturated rings. The lowest BCUT2D eigenvalue weighted by atomic mass is 10.1. The summed E-state index contributed by atoms with van der Waals surface area (Å²) in [6, 6.07) is 14.6. The second-order valence-corrected chi connectivity index (χ2v) is 5.59. The Kier molecular flexibility index (Phi) is 4.74. The number of ether oxygens (including phenoxy) is 1.